The Bertz CT molecular complexity index is 871. The molecule has 0 amide bonds. The smallest absolute Gasteiger partial charge is 0.123 e. The fourth-order valence-electron chi connectivity index (χ4n) is 3.85. The minimum atomic E-state index is 0.134. The summed E-state index contributed by atoms with van der Waals surface area (Å²) in [6.07, 6.45) is 10.6. The monoisotopic (exact) mass is 349 g/mol. The maximum absolute atomic E-state index is 6.17. The summed E-state index contributed by atoms with van der Waals surface area (Å²) < 4.78 is 8.11. The molecular weight excluding hydrogens is 322 g/mol. The minimum Gasteiger partial charge on any atom is -0.488 e. The van der Waals surface area contributed by atoms with Gasteiger partial charge in [-0.15, -0.1) is 5.10 Å². The van der Waals surface area contributed by atoms with E-state index in [1.807, 2.05) is 4.68 Å². The van der Waals surface area contributed by atoms with Gasteiger partial charge in [0.25, 0.3) is 0 Å². The Morgan fingerprint density at radius 3 is 2.88 bits per heavy atom. The Hall–Kier alpha value is -2.36. The van der Waals surface area contributed by atoms with Gasteiger partial charge in [-0.1, -0.05) is 68.2 Å². The van der Waals surface area contributed by atoms with Crippen molar-refractivity contribution in [1.29, 1.82) is 0 Å². The molecule has 2 aromatic carbocycles. The second kappa shape index (κ2) is 7.90. The first-order valence-corrected chi connectivity index (χ1v) is 9.90. The number of unbranched alkanes of at least 4 members (excludes halogenated alkanes) is 4. The van der Waals surface area contributed by atoms with Gasteiger partial charge in [0.05, 0.1) is 12.2 Å². The zero-order chi connectivity index (χ0) is 17.8. The van der Waals surface area contributed by atoms with Crippen LogP contribution in [0, 0.1) is 0 Å². The standard InChI is InChI=1S/C22H27N3O/c1-2-3-4-5-6-10-18-15-25(24-23-18)16-19-14-21-20-11-8-7-9-17(20)12-13-22(21)26-19/h7-9,11-13,15,19H,2-6,10,14,16H2,1H3. The van der Waals surface area contributed by atoms with Gasteiger partial charge in [-0.2, -0.15) is 0 Å². The molecule has 0 N–H and O–H groups in total. The Labute approximate surface area is 155 Å². The van der Waals surface area contributed by atoms with Crippen LogP contribution in [0.2, 0.25) is 0 Å². The van der Waals surface area contributed by atoms with Crippen molar-refractivity contribution >= 4 is 10.8 Å². The van der Waals surface area contributed by atoms with Crippen LogP contribution in [-0.4, -0.2) is 21.1 Å². The molecule has 1 unspecified atom stereocenters. The van der Waals surface area contributed by atoms with Crippen LogP contribution in [0.1, 0.15) is 50.3 Å². The zero-order valence-electron chi connectivity index (χ0n) is 15.5. The number of nitrogens with zero attached hydrogens (tertiary/aromatic N) is 3. The molecule has 0 saturated heterocycles. The summed E-state index contributed by atoms with van der Waals surface area (Å²) >= 11 is 0. The first-order valence-electron chi connectivity index (χ1n) is 9.90. The SMILES string of the molecule is CCCCCCCc1cn(CC2Cc3c(ccc4ccccc34)O2)nn1. The second-order valence-corrected chi connectivity index (χ2v) is 7.30. The van der Waals surface area contributed by atoms with Crippen molar-refractivity contribution in [2.45, 2.75) is 64.5 Å². The largest absolute Gasteiger partial charge is 0.488 e. The van der Waals surface area contributed by atoms with E-state index in [4.69, 9.17) is 4.74 Å². The molecule has 3 aromatic rings. The van der Waals surface area contributed by atoms with Crippen LogP contribution < -0.4 is 4.74 Å². The highest BCUT2D eigenvalue weighted by Gasteiger charge is 2.25. The molecule has 0 saturated carbocycles. The third-order valence-electron chi connectivity index (χ3n) is 5.24. The van der Waals surface area contributed by atoms with E-state index in [1.54, 1.807) is 0 Å². The van der Waals surface area contributed by atoms with Crippen LogP contribution in [0.25, 0.3) is 10.8 Å². The van der Waals surface area contributed by atoms with E-state index in [0.717, 1.165) is 30.8 Å². The van der Waals surface area contributed by atoms with Crippen LogP contribution in [0.15, 0.2) is 42.6 Å². The van der Waals surface area contributed by atoms with Gasteiger partial charge in [0.1, 0.15) is 11.9 Å². The first kappa shape index (κ1) is 17.1. The third-order valence-corrected chi connectivity index (χ3v) is 5.24. The van der Waals surface area contributed by atoms with Gasteiger partial charge in [0, 0.05) is 18.2 Å². The molecule has 1 aliphatic heterocycles. The van der Waals surface area contributed by atoms with Crippen molar-refractivity contribution < 1.29 is 4.74 Å². The van der Waals surface area contributed by atoms with E-state index in [-0.39, 0.29) is 6.10 Å². The molecule has 2 heterocycles. The lowest BCUT2D eigenvalue weighted by atomic mass is 10.0. The van der Waals surface area contributed by atoms with Gasteiger partial charge < -0.3 is 4.74 Å². The van der Waals surface area contributed by atoms with E-state index in [9.17, 15) is 0 Å². The van der Waals surface area contributed by atoms with E-state index >= 15 is 0 Å². The fraction of sp³-hybridized carbons (Fsp3) is 0.455. The molecule has 1 atom stereocenters. The van der Waals surface area contributed by atoms with Crippen LogP contribution in [0.4, 0.5) is 0 Å². The molecule has 26 heavy (non-hydrogen) atoms. The van der Waals surface area contributed by atoms with Crippen LogP contribution in [0.5, 0.6) is 5.75 Å². The van der Waals surface area contributed by atoms with Crippen molar-refractivity contribution in [2.24, 2.45) is 0 Å². The Kier molecular flexibility index (Phi) is 5.19. The number of hydrogen-bond donors (Lipinski definition) is 0. The van der Waals surface area contributed by atoms with E-state index < -0.39 is 0 Å². The summed E-state index contributed by atoms with van der Waals surface area (Å²) in [7, 11) is 0. The zero-order valence-corrected chi connectivity index (χ0v) is 15.5. The van der Waals surface area contributed by atoms with Crippen LogP contribution >= 0.6 is 0 Å². The number of aromatic nitrogens is 3. The van der Waals surface area contributed by atoms with Gasteiger partial charge >= 0.3 is 0 Å². The normalized spacial score (nSPS) is 16.0. The predicted molar refractivity (Wildman–Crippen MR) is 105 cm³/mol. The highest BCUT2D eigenvalue weighted by molar-refractivity contribution is 5.88. The van der Waals surface area contributed by atoms with Crippen molar-refractivity contribution in [3.8, 4) is 5.75 Å². The van der Waals surface area contributed by atoms with E-state index in [2.05, 4.69) is 59.8 Å². The minimum absolute atomic E-state index is 0.134. The Morgan fingerprint density at radius 1 is 1.08 bits per heavy atom. The molecule has 0 fully saturated rings. The van der Waals surface area contributed by atoms with Crippen LogP contribution in [0.3, 0.4) is 0 Å². The lowest BCUT2D eigenvalue weighted by Gasteiger charge is -2.09. The van der Waals surface area contributed by atoms with Gasteiger partial charge in [-0.3, -0.25) is 0 Å². The summed E-state index contributed by atoms with van der Waals surface area (Å²) in [5.41, 5.74) is 2.42. The summed E-state index contributed by atoms with van der Waals surface area (Å²) in [5, 5.41) is 11.2. The summed E-state index contributed by atoms with van der Waals surface area (Å²) in [6.45, 7) is 3.00. The number of hydrogen-bond acceptors (Lipinski definition) is 3. The molecule has 4 heteroatoms. The second-order valence-electron chi connectivity index (χ2n) is 7.30. The molecule has 0 aliphatic carbocycles. The Morgan fingerprint density at radius 2 is 1.96 bits per heavy atom. The molecule has 0 radical (unpaired) electrons. The van der Waals surface area contributed by atoms with Gasteiger partial charge in [0.15, 0.2) is 0 Å². The molecule has 1 aliphatic rings. The molecule has 1 aromatic heterocycles. The number of aryl methyl sites for hydroxylation is 1. The summed E-state index contributed by atoms with van der Waals surface area (Å²) in [5.74, 6) is 1.02. The summed E-state index contributed by atoms with van der Waals surface area (Å²) in [4.78, 5) is 0. The number of benzene rings is 2. The third kappa shape index (κ3) is 3.74. The molecule has 136 valence electrons. The first-order chi connectivity index (χ1) is 12.8. The molecule has 4 rings (SSSR count). The van der Waals surface area contributed by atoms with Crippen molar-refractivity contribution in [1.82, 2.24) is 15.0 Å². The van der Waals surface area contributed by atoms with Crippen LogP contribution in [-0.2, 0) is 19.4 Å². The maximum atomic E-state index is 6.17. The topological polar surface area (TPSA) is 39.9 Å². The molecule has 0 bridgehead atoms. The lowest BCUT2D eigenvalue weighted by Crippen LogP contribution is -2.21. The van der Waals surface area contributed by atoms with Gasteiger partial charge in [0.2, 0.25) is 0 Å². The average molecular weight is 349 g/mol. The van der Waals surface area contributed by atoms with Crippen molar-refractivity contribution in [2.75, 3.05) is 0 Å². The highest BCUT2D eigenvalue weighted by atomic mass is 16.5. The number of fused-ring (bicyclic) bond motifs is 3. The Balaban J connectivity index is 1.35. The number of ether oxygens (including phenoxy) is 1. The summed E-state index contributed by atoms with van der Waals surface area (Å²) in [6, 6.07) is 12.8. The predicted octanol–water partition coefficient (Wildman–Crippen LogP) is 4.95. The maximum Gasteiger partial charge on any atom is 0.123 e. The highest BCUT2D eigenvalue weighted by Crippen LogP contribution is 2.35. The molecule has 0 spiro atoms. The average Bonchev–Trinajstić information content (AvgIpc) is 3.28. The van der Waals surface area contributed by atoms with Gasteiger partial charge in [-0.05, 0) is 29.7 Å². The molecule has 4 nitrogen and oxygen atoms in total. The lowest BCUT2D eigenvalue weighted by molar-refractivity contribution is 0.202. The van der Waals surface area contributed by atoms with E-state index in [0.29, 0.717) is 0 Å². The van der Waals surface area contributed by atoms with Crippen molar-refractivity contribution in [3.05, 3.63) is 53.9 Å². The number of rotatable bonds is 8. The fourth-order valence-corrected chi connectivity index (χ4v) is 3.85. The quantitative estimate of drug-likeness (QED) is 0.540. The molecular formula is C22H27N3O. The van der Waals surface area contributed by atoms with Crippen molar-refractivity contribution in [3.63, 3.8) is 0 Å². The van der Waals surface area contributed by atoms with Gasteiger partial charge in [-0.25, -0.2) is 4.68 Å². The van der Waals surface area contributed by atoms with E-state index in [1.165, 1.54) is 48.4 Å².